The van der Waals surface area contributed by atoms with E-state index in [1.165, 1.54) is 12.2 Å². The second-order valence-electron chi connectivity index (χ2n) is 4.68. The average molecular weight is 260 g/mol. The first-order valence-corrected chi connectivity index (χ1v) is 6.04. The molecule has 100 valence electrons. The van der Waals surface area contributed by atoms with Crippen LogP contribution in [0, 0.1) is 17.8 Å². The van der Waals surface area contributed by atoms with Gasteiger partial charge >= 0.3 is 12.1 Å². The normalized spacial score (nSPS) is 30.9. The Morgan fingerprint density at radius 3 is 2.83 bits per heavy atom. The Morgan fingerprint density at radius 2 is 2.22 bits per heavy atom. The van der Waals surface area contributed by atoms with Crippen molar-refractivity contribution in [1.82, 2.24) is 0 Å². The lowest BCUT2D eigenvalue weighted by molar-refractivity contribution is -0.161. The number of rotatable bonds is 3. The predicted molar refractivity (Wildman–Crippen MR) is 59.6 cm³/mol. The van der Waals surface area contributed by atoms with Gasteiger partial charge in [0.15, 0.2) is 0 Å². The topological polar surface area (TPSA) is 26.3 Å². The van der Waals surface area contributed by atoms with Gasteiger partial charge in [-0.15, -0.1) is 0 Å². The van der Waals surface area contributed by atoms with Crippen molar-refractivity contribution in [2.45, 2.75) is 25.9 Å². The molecule has 0 aromatic rings. The van der Waals surface area contributed by atoms with Crippen molar-refractivity contribution in [3.8, 4) is 0 Å². The number of hydrogen-bond donors (Lipinski definition) is 0. The summed E-state index contributed by atoms with van der Waals surface area (Å²) in [5.74, 6) is -2.00. The van der Waals surface area contributed by atoms with E-state index in [-0.39, 0.29) is 24.2 Å². The molecule has 0 aromatic heterocycles. The molecule has 3 unspecified atom stereocenters. The minimum Gasteiger partial charge on any atom is -0.466 e. The SMILES string of the molecule is CCOC(=O)C1CC1C1=CC=CC(C(F)(F)F)C1. The van der Waals surface area contributed by atoms with Crippen LogP contribution in [0.15, 0.2) is 23.8 Å². The molecule has 0 bridgehead atoms. The van der Waals surface area contributed by atoms with Crippen LogP contribution >= 0.6 is 0 Å². The Morgan fingerprint density at radius 1 is 1.50 bits per heavy atom. The Hall–Kier alpha value is -1.26. The van der Waals surface area contributed by atoms with E-state index in [2.05, 4.69) is 0 Å². The predicted octanol–water partition coefficient (Wildman–Crippen LogP) is 3.25. The molecule has 0 radical (unpaired) electrons. The summed E-state index contributed by atoms with van der Waals surface area (Å²) < 4.78 is 42.7. The molecule has 1 saturated carbocycles. The first-order valence-electron chi connectivity index (χ1n) is 6.04. The largest absolute Gasteiger partial charge is 0.466 e. The fourth-order valence-electron chi connectivity index (χ4n) is 2.32. The van der Waals surface area contributed by atoms with Crippen molar-refractivity contribution >= 4 is 5.97 Å². The van der Waals surface area contributed by atoms with Gasteiger partial charge < -0.3 is 4.74 Å². The van der Waals surface area contributed by atoms with Crippen molar-refractivity contribution in [2.75, 3.05) is 6.61 Å². The van der Waals surface area contributed by atoms with Crippen LogP contribution in [0.25, 0.3) is 0 Å². The molecule has 18 heavy (non-hydrogen) atoms. The first kappa shape index (κ1) is 13.2. The second kappa shape index (κ2) is 4.78. The van der Waals surface area contributed by atoms with Crippen LogP contribution in [0.5, 0.6) is 0 Å². The molecule has 0 N–H and O–H groups in total. The average Bonchev–Trinajstić information content (AvgIpc) is 3.08. The highest BCUT2D eigenvalue weighted by Crippen LogP contribution is 2.49. The number of allylic oxidation sites excluding steroid dienone is 4. The summed E-state index contributed by atoms with van der Waals surface area (Å²) in [5, 5.41) is 0. The molecule has 0 aromatic carbocycles. The molecule has 1 fully saturated rings. The molecule has 2 nitrogen and oxygen atoms in total. The van der Waals surface area contributed by atoms with E-state index in [4.69, 9.17) is 4.74 Å². The molecule has 0 heterocycles. The monoisotopic (exact) mass is 260 g/mol. The maximum Gasteiger partial charge on any atom is 0.395 e. The van der Waals surface area contributed by atoms with Crippen molar-refractivity contribution in [1.29, 1.82) is 0 Å². The second-order valence-corrected chi connectivity index (χ2v) is 4.68. The maximum atomic E-state index is 12.6. The van der Waals surface area contributed by atoms with Gasteiger partial charge in [0.1, 0.15) is 0 Å². The van der Waals surface area contributed by atoms with Gasteiger partial charge in [-0.3, -0.25) is 4.79 Å². The summed E-state index contributed by atoms with van der Waals surface area (Å²) in [5.41, 5.74) is 0.720. The van der Waals surface area contributed by atoms with Crippen LogP contribution in [-0.4, -0.2) is 18.8 Å². The molecule has 0 spiro atoms. The molecular weight excluding hydrogens is 245 g/mol. The van der Waals surface area contributed by atoms with Crippen LogP contribution in [-0.2, 0) is 9.53 Å². The number of carbonyl (C=O) groups excluding carboxylic acids is 1. The standard InChI is InChI=1S/C13H15F3O2/c1-2-18-12(17)11-7-10(11)8-4-3-5-9(6-8)13(14,15)16/h3-5,9-11H,2,6-7H2,1H3. The number of halogens is 3. The van der Waals surface area contributed by atoms with Gasteiger partial charge in [0.05, 0.1) is 18.4 Å². The van der Waals surface area contributed by atoms with E-state index in [1.54, 1.807) is 13.0 Å². The Balaban J connectivity index is 1.95. The fourth-order valence-corrected chi connectivity index (χ4v) is 2.32. The Kier molecular flexibility index (Phi) is 3.50. The summed E-state index contributed by atoms with van der Waals surface area (Å²) in [6.07, 6.45) is 0.697. The van der Waals surface area contributed by atoms with Crippen molar-refractivity contribution < 1.29 is 22.7 Å². The summed E-state index contributed by atoms with van der Waals surface area (Å²) in [4.78, 5) is 11.4. The van der Waals surface area contributed by atoms with Crippen LogP contribution < -0.4 is 0 Å². The van der Waals surface area contributed by atoms with Crippen LogP contribution in [0.2, 0.25) is 0 Å². The molecule has 0 saturated heterocycles. The Bertz CT molecular complexity index is 396. The Labute approximate surface area is 103 Å². The van der Waals surface area contributed by atoms with E-state index >= 15 is 0 Å². The zero-order valence-electron chi connectivity index (χ0n) is 10.0. The molecule has 5 heteroatoms. The highest BCUT2D eigenvalue weighted by molar-refractivity contribution is 5.76. The third-order valence-corrected chi connectivity index (χ3v) is 3.39. The molecule has 2 aliphatic rings. The molecule has 2 aliphatic carbocycles. The number of hydrogen-bond acceptors (Lipinski definition) is 2. The molecular formula is C13H15F3O2. The molecule has 0 amide bonds. The van der Waals surface area contributed by atoms with Gasteiger partial charge in [0.2, 0.25) is 0 Å². The van der Waals surface area contributed by atoms with E-state index in [0.717, 1.165) is 5.57 Å². The smallest absolute Gasteiger partial charge is 0.395 e. The van der Waals surface area contributed by atoms with Crippen LogP contribution in [0.1, 0.15) is 19.8 Å². The molecule has 2 rings (SSSR count). The highest BCUT2D eigenvalue weighted by Gasteiger charge is 2.48. The van der Waals surface area contributed by atoms with Crippen molar-refractivity contribution in [3.63, 3.8) is 0 Å². The van der Waals surface area contributed by atoms with Gasteiger partial charge in [-0.2, -0.15) is 13.2 Å². The van der Waals surface area contributed by atoms with E-state index < -0.39 is 12.1 Å². The van der Waals surface area contributed by atoms with Gasteiger partial charge in [-0.05, 0) is 25.7 Å². The number of ether oxygens (including phenoxy) is 1. The summed E-state index contributed by atoms with van der Waals surface area (Å²) in [6, 6.07) is 0. The maximum absolute atomic E-state index is 12.6. The van der Waals surface area contributed by atoms with Gasteiger partial charge in [0, 0.05) is 0 Å². The van der Waals surface area contributed by atoms with E-state index in [0.29, 0.717) is 13.0 Å². The lowest BCUT2D eigenvalue weighted by Gasteiger charge is -2.21. The lowest BCUT2D eigenvalue weighted by Crippen LogP contribution is -2.23. The number of alkyl halides is 3. The number of esters is 1. The van der Waals surface area contributed by atoms with Crippen LogP contribution in [0.4, 0.5) is 13.2 Å². The third kappa shape index (κ3) is 2.76. The van der Waals surface area contributed by atoms with Crippen molar-refractivity contribution in [2.24, 2.45) is 17.8 Å². The number of carbonyl (C=O) groups is 1. The van der Waals surface area contributed by atoms with Gasteiger partial charge in [-0.1, -0.05) is 23.8 Å². The van der Waals surface area contributed by atoms with Crippen LogP contribution in [0.3, 0.4) is 0 Å². The minimum absolute atomic E-state index is 0.0272. The first-order chi connectivity index (χ1) is 8.43. The third-order valence-electron chi connectivity index (χ3n) is 3.39. The molecule has 0 aliphatic heterocycles. The van der Waals surface area contributed by atoms with Gasteiger partial charge in [0.25, 0.3) is 0 Å². The zero-order valence-corrected chi connectivity index (χ0v) is 10.0. The summed E-state index contributed by atoms with van der Waals surface area (Å²) in [6.45, 7) is 2.03. The quantitative estimate of drug-likeness (QED) is 0.728. The summed E-state index contributed by atoms with van der Waals surface area (Å²) >= 11 is 0. The highest BCUT2D eigenvalue weighted by atomic mass is 19.4. The molecule has 3 atom stereocenters. The minimum atomic E-state index is -4.20. The fraction of sp³-hybridized carbons (Fsp3) is 0.615. The zero-order chi connectivity index (χ0) is 13.3. The van der Waals surface area contributed by atoms with E-state index in [9.17, 15) is 18.0 Å². The summed E-state index contributed by atoms with van der Waals surface area (Å²) in [7, 11) is 0. The van der Waals surface area contributed by atoms with Crippen molar-refractivity contribution in [3.05, 3.63) is 23.8 Å². The lowest BCUT2D eigenvalue weighted by atomic mass is 9.90. The van der Waals surface area contributed by atoms with Gasteiger partial charge in [-0.25, -0.2) is 0 Å². The van der Waals surface area contributed by atoms with E-state index in [1.807, 2.05) is 0 Å².